The van der Waals surface area contributed by atoms with Gasteiger partial charge in [-0.3, -0.25) is 0 Å². The van der Waals surface area contributed by atoms with Crippen LogP contribution in [0.1, 0.15) is 24.1 Å². The van der Waals surface area contributed by atoms with Crippen molar-refractivity contribution in [2.45, 2.75) is 13.0 Å². The SMILES string of the molecule is CC(c1ccc(Cl)cc1)N(C)c1nccc(C#N)c1N. The molecule has 0 fully saturated rings. The van der Waals surface area contributed by atoms with Crippen LogP contribution in [-0.4, -0.2) is 12.0 Å². The Morgan fingerprint density at radius 1 is 1.30 bits per heavy atom. The average Bonchev–Trinajstić information content (AvgIpc) is 2.47. The smallest absolute Gasteiger partial charge is 0.153 e. The molecule has 2 N–H and O–H groups in total. The van der Waals surface area contributed by atoms with Crippen LogP contribution in [0.5, 0.6) is 0 Å². The monoisotopic (exact) mass is 286 g/mol. The van der Waals surface area contributed by atoms with Crippen molar-refractivity contribution >= 4 is 23.1 Å². The van der Waals surface area contributed by atoms with E-state index in [0.29, 0.717) is 22.1 Å². The molecule has 0 spiro atoms. The first-order valence-electron chi connectivity index (χ1n) is 6.17. The molecule has 0 aliphatic heterocycles. The summed E-state index contributed by atoms with van der Waals surface area (Å²) in [5.41, 5.74) is 7.92. The van der Waals surface area contributed by atoms with Crippen molar-refractivity contribution in [1.82, 2.24) is 4.98 Å². The average molecular weight is 287 g/mol. The van der Waals surface area contributed by atoms with E-state index < -0.39 is 0 Å². The van der Waals surface area contributed by atoms with Crippen LogP contribution >= 0.6 is 11.6 Å². The number of hydrogen-bond acceptors (Lipinski definition) is 4. The topological polar surface area (TPSA) is 65.9 Å². The molecule has 0 aliphatic carbocycles. The fraction of sp³-hybridized carbons (Fsp3) is 0.200. The van der Waals surface area contributed by atoms with Gasteiger partial charge in [-0.2, -0.15) is 5.26 Å². The molecule has 0 saturated heterocycles. The summed E-state index contributed by atoms with van der Waals surface area (Å²) >= 11 is 5.90. The maximum atomic E-state index is 9.02. The Labute approximate surface area is 123 Å². The zero-order valence-corrected chi connectivity index (χ0v) is 12.1. The van der Waals surface area contributed by atoms with Crippen LogP contribution in [0, 0.1) is 11.3 Å². The van der Waals surface area contributed by atoms with Crippen LogP contribution in [0.15, 0.2) is 36.5 Å². The van der Waals surface area contributed by atoms with E-state index >= 15 is 0 Å². The highest BCUT2D eigenvalue weighted by atomic mass is 35.5. The summed E-state index contributed by atoms with van der Waals surface area (Å²) in [7, 11) is 1.90. The van der Waals surface area contributed by atoms with Crippen molar-refractivity contribution in [3.05, 3.63) is 52.7 Å². The van der Waals surface area contributed by atoms with Crippen molar-refractivity contribution in [1.29, 1.82) is 5.26 Å². The molecule has 1 aromatic heterocycles. The lowest BCUT2D eigenvalue weighted by atomic mass is 10.1. The normalized spacial score (nSPS) is 11.7. The quantitative estimate of drug-likeness (QED) is 0.939. The maximum absolute atomic E-state index is 9.02. The fourth-order valence-electron chi connectivity index (χ4n) is 1.99. The number of rotatable bonds is 3. The summed E-state index contributed by atoms with van der Waals surface area (Å²) in [4.78, 5) is 6.22. The second kappa shape index (κ2) is 5.81. The Bertz CT molecular complexity index is 646. The van der Waals surface area contributed by atoms with Gasteiger partial charge in [-0.05, 0) is 30.7 Å². The van der Waals surface area contributed by atoms with E-state index in [0.717, 1.165) is 5.56 Å². The van der Waals surface area contributed by atoms with Crippen molar-refractivity contribution in [3.63, 3.8) is 0 Å². The number of nitrogens with zero attached hydrogens (tertiary/aromatic N) is 3. The molecule has 2 aromatic rings. The van der Waals surface area contributed by atoms with Gasteiger partial charge in [0, 0.05) is 18.3 Å². The van der Waals surface area contributed by atoms with Gasteiger partial charge >= 0.3 is 0 Å². The number of aromatic nitrogens is 1. The molecule has 0 amide bonds. The van der Waals surface area contributed by atoms with Gasteiger partial charge in [0.2, 0.25) is 0 Å². The molecule has 4 nitrogen and oxygen atoms in total. The molecular formula is C15H15ClN4. The van der Waals surface area contributed by atoms with Gasteiger partial charge in [0.1, 0.15) is 6.07 Å². The third-order valence-electron chi connectivity index (χ3n) is 3.36. The molecule has 1 unspecified atom stereocenters. The maximum Gasteiger partial charge on any atom is 0.153 e. The second-order valence-corrected chi connectivity index (χ2v) is 4.98. The Hall–Kier alpha value is -2.25. The molecule has 0 aliphatic rings. The summed E-state index contributed by atoms with van der Waals surface area (Å²) in [5.74, 6) is 0.603. The first-order chi connectivity index (χ1) is 9.54. The molecule has 1 atom stereocenters. The van der Waals surface area contributed by atoms with Crippen LogP contribution in [0.3, 0.4) is 0 Å². The largest absolute Gasteiger partial charge is 0.395 e. The Morgan fingerprint density at radius 3 is 2.55 bits per heavy atom. The Morgan fingerprint density at radius 2 is 1.95 bits per heavy atom. The fourth-order valence-corrected chi connectivity index (χ4v) is 2.12. The molecule has 0 saturated carbocycles. The van der Waals surface area contributed by atoms with E-state index in [1.54, 1.807) is 12.3 Å². The van der Waals surface area contributed by atoms with E-state index in [2.05, 4.69) is 11.1 Å². The minimum Gasteiger partial charge on any atom is -0.395 e. The highest BCUT2D eigenvalue weighted by Crippen LogP contribution is 2.29. The number of nitrogens with two attached hydrogens (primary N) is 1. The highest BCUT2D eigenvalue weighted by Gasteiger charge is 2.17. The number of hydrogen-bond donors (Lipinski definition) is 1. The zero-order chi connectivity index (χ0) is 14.7. The number of halogens is 1. The predicted octanol–water partition coefficient (Wildman–Crippen LogP) is 3.39. The first-order valence-corrected chi connectivity index (χ1v) is 6.55. The van der Waals surface area contributed by atoms with Crippen molar-refractivity contribution in [3.8, 4) is 6.07 Å². The van der Waals surface area contributed by atoms with E-state index in [4.69, 9.17) is 22.6 Å². The van der Waals surface area contributed by atoms with Gasteiger partial charge < -0.3 is 10.6 Å². The molecule has 0 bridgehead atoms. The first kappa shape index (κ1) is 14.2. The van der Waals surface area contributed by atoms with Gasteiger partial charge in [-0.1, -0.05) is 23.7 Å². The van der Waals surface area contributed by atoms with Crippen LogP contribution in [0.4, 0.5) is 11.5 Å². The summed E-state index contributed by atoms with van der Waals surface area (Å²) < 4.78 is 0. The van der Waals surface area contributed by atoms with Crippen molar-refractivity contribution in [2.75, 3.05) is 17.7 Å². The van der Waals surface area contributed by atoms with Gasteiger partial charge in [0.05, 0.1) is 17.3 Å². The zero-order valence-electron chi connectivity index (χ0n) is 11.3. The minimum absolute atomic E-state index is 0.0657. The summed E-state index contributed by atoms with van der Waals surface area (Å²) in [6.07, 6.45) is 1.59. The van der Waals surface area contributed by atoms with E-state index in [-0.39, 0.29) is 6.04 Å². The molecule has 1 heterocycles. The summed E-state index contributed by atoms with van der Waals surface area (Å²) in [5, 5.41) is 9.72. The van der Waals surface area contributed by atoms with E-state index in [1.165, 1.54) is 0 Å². The van der Waals surface area contributed by atoms with Gasteiger partial charge in [-0.25, -0.2) is 4.98 Å². The standard InChI is InChI=1S/C15H15ClN4/c1-10(11-3-5-13(16)6-4-11)20(2)15-14(18)12(9-17)7-8-19-15/h3-8,10H,18H2,1-2H3. The molecule has 20 heavy (non-hydrogen) atoms. The molecule has 1 aromatic carbocycles. The van der Waals surface area contributed by atoms with Crippen LogP contribution in [0.2, 0.25) is 5.02 Å². The van der Waals surface area contributed by atoms with Crippen molar-refractivity contribution in [2.24, 2.45) is 0 Å². The minimum atomic E-state index is 0.0657. The van der Waals surface area contributed by atoms with E-state index in [1.807, 2.05) is 43.1 Å². The lowest BCUT2D eigenvalue weighted by molar-refractivity contribution is 0.730. The highest BCUT2D eigenvalue weighted by molar-refractivity contribution is 6.30. The third kappa shape index (κ3) is 2.68. The van der Waals surface area contributed by atoms with Gasteiger partial charge in [0.15, 0.2) is 5.82 Å². The van der Waals surface area contributed by atoms with Gasteiger partial charge in [-0.15, -0.1) is 0 Å². The van der Waals surface area contributed by atoms with E-state index in [9.17, 15) is 0 Å². The van der Waals surface area contributed by atoms with Crippen LogP contribution in [0.25, 0.3) is 0 Å². The summed E-state index contributed by atoms with van der Waals surface area (Å²) in [6, 6.07) is 11.4. The van der Waals surface area contributed by atoms with Crippen LogP contribution < -0.4 is 10.6 Å². The second-order valence-electron chi connectivity index (χ2n) is 4.55. The van der Waals surface area contributed by atoms with Crippen LogP contribution in [-0.2, 0) is 0 Å². The molecule has 102 valence electrons. The Kier molecular flexibility index (Phi) is 4.11. The molecular weight excluding hydrogens is 272 g/mol. The summed E-state index contributed by atoms with van der Waals surface area (Å²) in [6.45, 7) is 2.05. The Balaban J connectivity index is 2.34. The van der Waals surface area contributed by atoms with Crippen molar-refractivity contribution < 1.29 is 0 Å². The number of pyridine rings is 1. The molecule has 2 rings (SSSR count). The lowest BCUT2D eigenvalue weighted by Gasteiger charge is -2.27. The third-order valence-corrected chi connectivity index (χ3v) is 3.61. The molecule has 5 heteroatoms. The number of benzene rings is 1. The van der Waals surface area contributed by atoms with Gasteiger partial charge in [0.25, 0.3) is 0 Å². The molecule has 0 radical (unpaired) electrons. The number of nitriles is 1. The lowest BCUT2D eigenvalue weighted by Crippen LogP contribution is -2.24. The number of anilines is 2. The predicted molar refractivity (Wildman–Crippen MR) is 81.6 cm³/mol. The number of nitrogen functional groups attached to an aromatic ring is 1.